The number of aryl methyl sites for hydroxylation is 11. The second-order valence-electron chi connectivity index (χ2n) is 36.5. The Hall–Kier alpha value is -13.8. The first-order valence-corrected chi connectivity index (χ1v) is 44.6. The van der Waals surface area contributed by atoms with Gasteiger partial charge in [0.2, 0.25) is 0 Å². The zero-order valence-corrected chi connectivity index (χ0v) is 83.0. The number of allylic oxidation sites excluding steroid dienone is 2. The average molecular weight is 1820 g/mol. The summed E-state index contributed by atoms with van der Waals surface area (Å²) in [5.74, 6) is 2.83. The molecule has 3 atom stereocenters. The number of aliphatic hydroxyl groups excluding tert-OH is 1. The maximum atomic E-state index is 10.2. The van der Waals surface area contributed by atoms with E-state index in [9.17, 15) is 61.3 Å². The molecule has 0 fully saturated rings. The summed E-state index contributed by atoms with van der Waals surface area (Å²) < 4.78 is 5.89. The Morgan fingerprint density at radius 3 is 0.842 bits per heavy atom. The van der Waals surface area contributed by atoms with E-state index < -0.39 is 6.10 Å². The van der Waals surface area contributed by atoms with E-state index in [0.29, 0.717) is 109 Å². The smallest absolute Gasteiger partial charge is 0.141 e. The van der Waals surface area contributed by atoms with E-state index in [1.54, 1.807) is 39.8 Å². The maximum absolute atomic E-state index is 10.2. The molecule has 0 saturated heterocycles. The molecule has 11 aromatic rings. The first kappa shape index (κ1) is 106. The fourth-order valence-corrected chi connectivity index (χ4v) is 17.4. The van der Waals surface area contributed by atoms with Gasteiger partial charge in [-0.05, 0) is 375 Å². The molecule has 12 rings (SSSR count). The van der Waals surface area contributed by atoms with Crippen LogP contribution in [0.2, 0.25) is 0 Å². The summed E-state index contributed by atoms with van der Waals surface area (Å²) in [4.78, 5) is 0. The third-order valence-electron chi connectivity index (χ3n) is 27.3. The quantitative estimate of drug-likeness (QED) is 0.0335. The number of hydrogen-bond acceptors (Lipinski definition) is 25. The number of ether oxygens (including phenoxy) is 1. The van der Waals surface area contributed by atoms with Crippen molar-refractivity contribution in [3.63, 3.8) is 0 Å². The van der Waals surface area contributed by atoms with E-state index in [1.807, 2.05) is 193 Å². The van der Waals surface area contributed by atoms with Crippen LogP contribution in [-0.2, 0) is 31.1 Å². The highest BCUT2D eigenvalue weighted by Crippen LogP contribution is 2.49. The van der Waals surface area contributed by atoms with Gasteiger partial charge in [-0.3, -0.25) is 0 Å². The van der Waals surface area contributed by atoms with Gasteiger partial charge in [0.05, 0.1) is 74.7 Å². The largest absolute Gasteiger partial charge is 0.506 e. The van der Waals surface area contributed by atoms with Gasteiger partial charge in [0, 0.05) is 28.4 Å². The summed E-state index contributed by atoms with van der Waals surface area (Å²) in [6.07, 6.45) is 5.10. The molecular formula is C108H146N12O13. The number of phenols is 11. The fourth-order valence-electron chi connectivity index (χ4n) is 17.4. The van der Waals surface area contributed by atoms with Gasteiger partial charge >= 0.3 is 0 Å². The molecule has 133 heavy (non-hydrogen) atoms. The van der Waals surface area contributed by atoms with Crippen molar-refractivity contribution in [2.45, 2.75) is 255 Å². The lowest BCUT2D eigenvalue weighted by Crippen LogP contribution is -2.39. The normalized spacial score (nSPS) is 13.2. The lowest BCUT2D eigenvalue weighted by molar-refractivity contribution is 0.189. The molecule has 716 valence electrons. The third-order valence-corrected chi connectivity index (χ3v) is 27.3. The van der Waals surface area contributed by atoms with Crippen LogP contribution >= 0.6 is 0 Å². The van der Waals surface area contributed by atoms with Crippen LogP contribution in [0, 0.1) is 138 Å². The standard InChI is InChI=1S/C19H26N2O2.C19H28N2O2.C19H26N2O2.C18H24N2O2.C17H22N2O2.C16H20N2O3/c1-9-7-13(11(3)15(20)17(9)22)19(5,6)14-8-10(2)18(23)16(21)12(14)4;1-6-13(14-7-9(2)18(22)16(20)11(14)4)15-8-10(3)19(23)17(21)12(15)5;1-5-12-7-14(10(3)16(20)18(12)22)9-15-8-13(6-2)19(23)17(21)11(15)4;1-8-6-13(11(4)15(19)17(8)21)10(3)14-7-9(2)18(22)16(20)12(14)5;1-8-5-12(10(3)14(18)16(8)20)7-13-6-9(2)17(21)15(19)11(13)4;1-7-5-11(9(3)13(17)15(7)19)21-12-6-8(2)16(20)14(18)10(12)4/h7-8,22-23H,20-21H2,1-6H3;7-8,13,16,18,22-23H,6,20-21H2,1-5H3;7-8,22-23H,5-6,9,20-21H2,1-4H3;6-7,10,21-22H,19-20H2,1-5H3;5-6,20-21H,7,18-19H2,1-4H3;5-6,19-20H,17-18H2,1-4H3. The maximum Gasteiger partial charge on any atom is 0.141 e. The molecule has 25 nitrogen and oxygen atoms in total. The van der Waals surface area contributed by atoms with E-state index in [2.05, 4.69) is 33.8 Å². The number of anilines is 11. The first-order valence-electron chi connectivity index (χ1n) is 44.6. The molecular weight excluding hydrogens is 1670 g/mol. The molecule has 0 radical (unpaired) electrons. The summed E-state index contributed by atoms with van der Waals surface area (Å²) in [5, 5.41) is 120. The predicted octanol–water partition coefficient (Wildman–Crippen LogP) is 20.5. The van der Waals surface area contributed by atoms with Crippen molar-refractivity contribution < 1.29 is 66.0 Å². The number of phenolic OH excluding ortho intramolecular Hbond substituents is 11. The van der Waals surface area contributed by atoms with Gasteiger partial charge in [-0.1, -0.05) is 102 Å². The van der Waals surface area contributed by atoms with E-state index in [1.165, 1.54) is 0 Å². The minimum absolute atomic E-state index is 0.0585. The molecule has 0 saturated carbocycles. The first-order chi connectivity index (χ1) is 61.6. The fraction of sp³-hybridized carbons (Fsp3) is 0.352. The molecule has 1 aliphatic carbocycles. The summed E-state index contributed by atoms with van der Waals surface area (Å²) in [6, 6.07) is 20.8. The van der Waals surface area contributed by atoms with E-state index in [0.717, 1.165) is 186 Å². The molecule has 25 heteroatoms. The van der Waals surface area contributed by atoms with Gasteiger partial charge in [-0.15, -0.1) is 0 Å². The predicted molar refractivity (Wildman–Crippen MR) is 550 cm³/mol. The van der Waals surface area contributed by atoms with Crippen LogP contribution in [0.1, 0.15) is 246 Å². The summed E-state index contributed by atoms with van der Waals surface area (Å²) >= 11 is 0. The summed E-state index contributed by atoms with van der Waals surface area (Å²) in [5.41, 5.74) is 106. The van der Waals surface area contributed by atoms with E-state index >= 15 is 0 Å². The molecule has 36 N–H and O–H groups in total. The molecule has 0 amide bonds. The highest BCUT2D eigenvalue weighted by atomic mass is 16.5. The molecule has 3 unspecified atom stereocenters. The van der Waals surface area contributed by atoms with E-state index in [-0.39, 0.29) is 86.5 Å². The highest BCUT2D eigenvalue weighted by molar-refractivity contribution is 5.76. The zero-order valence-electron chi connectivity index (χ0n) is 83.0. The Morgan fingerprint density at radius 2 is 0.541 bits per heavy atom. The van der Waals surface area contributed by atoms with Crippen molar-refractivity contribution >= 4 is 62.6 Å². The zero-order chi connectivity index (χ0) is 101. The molecule has 11 aromatic carbocycles. The number of rotatable bonds is 15. The van der Waals surface area contributed by atoms with Gasteiger partial charge in [0.25, 0.3) is 0 Å². The van der Waals surface area contributed by atoms with Crippen molar-refractivity contribution in [1.29, 1.82) is 0 Å². The number of aromatic hydroxyl groups is 11. The molecule has 0 spiro atoms. The third kappa shape index (κ3) is 21.5. The molecule has 0 aliphatic heterocycles. The Balaban J connectivity index is 0.000000218. The second kappa shape index (κ2) is 42.2. The van der Waals surface area contributed by atoms with Crippen LogP contribution in [0.25, 0.3) is 0 Å². The number of nitrogens with two attached hydrogens (primary N) is 12. The van der Waals surface area contributed by atoms with Crippen molar-refractivity contribution in [2.75, 3.05) is 63.1 Å². The van der Waals surface area contributed by atoms with Gasteiger partial charge in [0.15, 0.2) is 0 Å². The van der Waals surface area contributed by atoms with Crippen LogP contribution in [0.4, 0.5) is 62.6 Å². The Labute approximate surface area is 785 Å². The Bertz CT molecular complexity index is 5960. The molecule has 0 bridgehead atoms. The SMILES string of the molecule is CCC(C1=C(C)C(N)C(O)C(C)=C1)c1cc(C)c(O)c(N)c1C.CCc1cc(Cc2cc(CC)c(O)c(N)c2C)c(C)c(N)c1O.Cc1cc(C(C)(C)c2cc(C)c(O)c(N)c2C)c(C)c(N)c1O.Cc1cc(C(C)c2cc(C)c(O)c(N)c2C)c(C)c(N)c1O.Cc1cc(Cc2cc(C)c(O)c(N)c2C)c(C)c(N)c1O.Cc1cc(Oc2cc(C)c(O)c(N)c2C)c(C)c(N)c1O. The summed E-state index contributed by atoms with van der Waals surface area (Å²) in [6.45, 7) is 53.4. The van der Waals surface area contributed by atoms with Gasteiger partial charge in [-0.2, -0.15) is 0 Å². The molecule has 1 aliphatic rings. The second-order valence-corrected chi connectivity index (χ2v) is 36.5. The number of benzene rings is 11. The van der Waals surface area contributed by atoms with Crippen LogP contribution in [0.5, 0.6) is 74.7 Å². The number of hydrogen-bond donors (Lipinski definition) is 24. The van der Waals surface area contributed by atoms with Crippen LogP contribution in [0.15, 0.2) is 89.5 Å². The van der Waals surface area contributed by atoms with Gasteiger partial charge in [0.1, 0.15) is 74.7 Å². The van der Waals surface area contributed by atoms with Gasteiger partial charge in [-0.25, -0.2) is 0 Å². The van der Waals surface area contributed by atoms with Crippen LogP contribution < -0.4 is 73.5 Å². The monoisotopic (exact) mass is 1820 g/mol. The highest BCUT2D eigenvalue weighted by Gasteiger charge is 2.33. The van der Waals surface area contributed by atoms with E-state index in [4.69, 9.17) is 73.5 Å². The van der Waals surface area contributed by atoms with Crippen molar-refractivity contribution in [3.8, 4) is 74.7 Å². The number of aliphatic hydroxyl groups is 1. The minimum atomic E-state index is -0.621. The Kier molecular flexibility index (Phi) is 33.7. The summed E-state index contributed by atoms with van der Waals surface area (Å²) in [7, 11) is 0. The topological polar surface area (TPSA) is 564 Å². The average Bonchev–Trinajstić information content (AvgIpc) is 0.748. The van der Waals surface area contributed by atoms with Crippen LogP contribution in [0.3, 0.4) is 0 Å². The van der Waals surface area contributed by atoms with Crippen molar-refractivity contribution in [2.24, 2.45) is 5.73 Å². The van der Waals surface area contributed by atoms with Crippen LogP contribution in [-0.4, -0.2) is 73.4 Å². The number of nitrogen functional groups attached to an aromatic ring is 11. The lowest BCUT2D eigenvalue weighted by atomic mass is 9.73. The van der Waals surface area contributed by atoms with Crippen molar-refractivity contribution in [1.82, 2.24) is 0 Å². The Morgan fingerprint density at radius 1 is 0.301 bits per heavy atom. The lowest BCUT2D eigenvalue weighted by Gasteiger charge is -2.32. The minimum Gasteiger partial charge on any atom is -0.506 e. The van der Waals surface area contributed by atoms with Gasteiger partial charge < -0.3 is 135 Å². The molecule has 0 heterocycles. The molecule has 0 aromatic heterocycles. The van der Waals surface area contributed by atoms with Crippen molar-refractivity contribution in [3.05, 3.63) is 262 Å².